The van der Waals surface area contributed by atoms with Crippen LogP contribution in [-0.4, -0.2) is 49.9 Å². The summed E-state index contributed by atoms with van der Waals surface area (Å²) in [5.41, 5.74) is 0.301. The molecule has 3 heterocycles. The lowest BCUT2D eigenvalue weighted by Crippen LogP contribution is -2.38. The number of rotatable bonds is 4. The molecular weight excluding hydrogens is 334 g/mol. The van der Waals surface area contributed by atoms with Gasteiger partial charge in [0.1, 0.15) is 0 Å². The Labute approximate surface area is 150 Å². The molecule has 0 radical (unpaired) electrons. The fraction of sp³-hybridized carbons (Fsp3) is 0.444. The molecular formula is C18H21N5O3. The number of pyridine rings is 1. The molecule has 1 aliphatic carbocycles. The number of hydrogen-bond acceptors (Lipinski definition) is 4. The van der Waals surface area contributed by atoms with Crippen LogP contribution in [0.15, 0.2) is 36.8 Å². The Morgan fingerprint density at radius 2 is 2.12 bits per heavy atom. The number of aliphatic carboxylic acids is 1. The number of aromatic nitrogens is 3. The van der Waals surface area contributed by atoms with Gasteiger partial charge in [-0.2, -0.15) is 5.10 Å². The van der Waals surface area contributed by atoms with Crippen LogP contribution in [0.3, 0.4) is 0 Å². The molecule has 8 heteroatoms. The van der Waals surface area contributed by atoms with E-state index in [-0.39, 0.29) is 18.5 Å². The standard InChI is InChI=1S/C18H21N5O3/c24-16(25)18-6-1-2-14(18)11-22(12-18)17(26)20-15-5-9-23(21-15)10-13-3-7-19-8-4-13/h3-5,7-9,14H,1-2,6,10-12H2,(H,24,25)(H,20,21,26)/t14-,18+/m0/s1. The molecule has 0 spiro atoms. The van der Waals surface area contributed by atoms with Gasteiger partial charge in [-0.05, 0) is 36.5 Å². The fourth-order valence-electron chi connectivity index (χ4n) is 4.17. The van der Waals surface area contributed by atoms with Crippen molar-refractivity contribution in [1.29, 1.82) is 0 Å². The second-order valence-electron chi connectivity index (χ2n) is 7.12. The Balaban J connectivity index is 1.39. The van der Waals surface area contributed by atoms with Crippen LogP contribution in [0.5, 0.6) is 0 Å². The molecule has 1 saturated heterocycles. The maximum Gasteiger partial charge on any atom is 0.323 e. The third-order valence-electron chi connectivity index (χ3n) is 5.55. The van der Waals surface area contributed by atoms with Crippen molar-refractivity contribution < 1.29 is 14.7 Å². The van der Waals surface area contributed by atoms with Crippen LogP contribution in [0.4, 0.5) is 10.6 Å². The largest absolute Gasteiger partial charge is 0.481 e. The molecule has 8 nitrogen and oxygen atoms in total. The summed E-state index contributed by atoms with van der Waals surface area (Å²) in [7, 11) is 0. The molecule has 0 aromatic carbocycles. The molecule has 2 aromatic heterocycles. The molecule has 2 N–H and O–H groups in total. The monoisotopic (exact) mass is 355 g/mol. The SMILES string of the molecule is O=C(Nc1ccn(Cc2ccncc2)n1)N1C[C@@H]2CCC[C@@]2(C(=O)O)C1. The molecule has 2 amide bonds. The summed E-state index contributed by atoms with van der Waals surface area (Å²) in [5.74, 6) is -0.266. The van der Waals surface area contributed by atoms with E-state index in [9.17, 15) is 14.7 Å². The highest BCUT2D eigenvalue weighted by atomic mass is 16.4. The number of carbonyl (C=O) groups excluding carboxylic acids is 1. The number of carboxylic acids is 1. The summed E-state index contributed by atoms with van der Waals surface area (Å²) in [6.45, 7) is 1.36. The molecule has 4 rings (SSSR count). The number of likely N-dealkylation sites (tertiary alicyclic amines) is 1. The minimum absolute atomic E-state index is 0.0509. The Morgan fingerprint density at radius 3 is 2.85 bits per heavy atom. The predicted octanol–water partition coefficient (Wildman–Crippen LogP) is 2.04. The smallest absolute Gasteiger partial charge is 0.323 e. The summed E-state index contributed by atoms with van der Waals surface area (Å²) in [6, 6.07) is 5.28. The Kier molecular flexibility index (Phi) is 4.10. The van der Waals surface area contributed by atoms with Crippen molar-refractivity contribution in [2.45, 2.75) is 25.8 Å². The number of carboxylic acid groups (broad SMARTS) is 1. The lowest BCUT2D eigenvalue weighted by Gasteiger charge is -2.23. The number of hydrogen-bond donors (Lipinski definition) is 2. The minimum Gasteiger partial charge on any atom is -0.481 e. The van der Waals surface area contributed by atoms with Gasteiger partial charge in [-0.3, -0.25) is 19.8 Å². The summed E-state index contributed by atoms with van der Waals surface area (Å²) < 4.78 is 1.74. The summed E-state index contributed by atoms with van der Waals surface area (Å²) in [4.78, 5) is 29.9. The summed E-state index contributed by atoms with van der Waals surface area (Å²) in [6.07, 6.45) is 7.70. The Morgan fingerprint density at radius 1 is 1.31 bits per heavy atom. The molecule has 0 unspecified atom stereocenters. The summed E-state index contributed by atoms with van der Waals surface area (Å²) >= 11 is 0. The zero-order valence-electron chi connectivity index (χ0n) is 14.3. The van der Waals surface area contributed by atoms with Gasteiger partial charge in [-0.25, -0.2) is 4.79 Å². The lowest BCUT2D eigenvalue weighted by atomic mass is 9.81. The van der Waals surface area contributed by atoms with Crippen LogP contribution < -0.4 is 5.32 Å². The molecule has 2 aromatic rings. The molecule has 26 heavy (non-hydrogen) atoms. The number of fused-ring (bicyclic) bond motifs is 1. The van der Waals surface area contributed by atoms with Crippen molar-refractivity contribution in [2.24, 2.45) is 11.3 Å². The van der Waals surface area contributed by atoms with Crippen molar-refractivity contribution in [3.63, 3.8) is 0 Å². The normalized spacial score (nSPS) is 24.5. The van der Waals surface area contributed by atoms with Crippen molar-refractivity contribution in [3.8, 4) is 0 Å². The molecule has 1 aliphatic heterocycles. The fourth-order valence-corrected chi connectivity index (χ4v) is 4.17. The third-order valence-corrected chi connectivity index (χ3v) is 5.55. The van der Waals surface area contributed by atoms with E-state index in [1.807, 2.05) is 12.1 Å². The first-order valence-corrected chi connectivity index (χ1v) is 8.78. The van der Waals surface area contributed by atoms with Gasteiger partial charge >= 0.3 is 12.0 Å². The second-order valence-corrected chi connectivity index (χ2v) is 7.12. The first-order chi connectivity index (χ1) is 12.6. The number of nitrogens with one attached hydrogen (secondary N) is 1. The average Bonchev–Trinajstić information content (AvgIpc) is 3.30. The Hall–Kier alpha value is -2.90. The van der Waals surface area contributed by atoms with E-state index in [2.05, 4.69) is 15.4 Å². The topological polar surface area (TPSA) is 100 Å². The number of anilines is 1. The number of urea groups is 1. The zero-order chi connectivity index (χ0) is 18.1. The van der Waals surface area contributed by atoms with Gasteiger partial charge in [-0.1, -0.05) is 6.42 Å². The van der Waals surface area contributed by atoms with E-state index in [4.69, 9.17) is 0 Å². The van der Waals surface area contributed by atoms with Crippen LogP contribution in [0.2, 0.25) is 0 Å². The highest BCUT2D eigenvalue weighted by Gasteiger charge is 2.55. The van der Waals surface area contributed by atoms with E-state index >= 15 is 0 Å². The van der Waals surface area contributed by atoms with E-state index in [0.29, 0.717) is 25.3 Å². The predicted molar refractivity (Wildman–Crippen MR) is 93.6 cm³/mol. The molecule has 0 bridgehead atoms. The van der Waals surface area contributed by atoms with Crippen molar-refractivity contribution >= 4 is 17.8 Å². The van der Waals surface area contributed by atoms with Crippen LogP contribution in [0.25, 0.3) is 0 Å². The van der Waals surface area contributed by atoms with Crippen LogP contribution >= 0.6 is 0 Å². The van der Waals surface area contributed by atoms with Gasteiger partial charge in [-0.15, -0.1) is 0 Å². The first-order valence-electron chi connectivity index (χ1n) is 8.78. The first kappa shape index (κ1) is 16.6. The third kappa shape index (κ3) is 2.91. The van der Waals surface area contributed by atoms with Gasteiger partial charge in [0.25, 0.3) is 0 Å². The second kappa shape index (κ2) is 6.44. The van der Waals surface area contributed by atoms with E-state index in [0.717, 1.165) is 18.4 Å². The molecule has 2 aliphatic rings. The van der Waals surface area contributed by atoms with Gasteiger partial charge in [0, 0.05) is 37.7 Å². The maximum absolute atomic E-state index is 12.5. The van der Waals surface area contributed by atoms with E-state index < -0.39 is 11.4 Å². The average molecular weight is 355 g/mol. The summed E-state index contributed by atoms with van der Waals surface area (Å²) in [5, 5.41) is 16.8. The zero-order valence-corrected chi connectivity index (χ0v) is 14.3. The molecule has 2 atom stereocenters. The van der Waals surface area contributed by atoms with Crippen LogP contribution in [0, 0.1) is 11.3 Å². The van der Waals surface area contributed by atoms with Gasteiger partial charge in [0.05, 0.1) is 12.0 Å². The van der Waals surface area contributed by atoms with Gasteiger partial charge < -0.3 is 10.0 Å². The highest BCUT2D eigenvalue weighted by Crippen LogP contribution is 2.48. The van der Waals surface area contributed by atoms with E-state index in [1.54, 1.807) is 34.2 Å². The maximum atomic E-state index is 12.5. The minimum atomic E-state index is -0.781. The molecule has 1 saturated carbocycles. The van der Waals surface area contributed by atoms with Crippen molar-refractivity contribution in [2.75, 3.05) is 18.4 Å². The lowest BCUT2D eigenvalue weighted by molar-refractivity contribution is -0.149. The molecule has 2 fully saturated rings. The highest BCUT2D eigenvalue weighted by molar-refractivity contribution is 5.89. The van der Waals surface area contributed by atoms with Crippen molar-refractivity contribution in [1.82, 2.24) is 19.7 Å². The van der Waals surface area contributed by atoms with Gasteiger partial charge in [0.2, 0.25) is 0 Å². The Bertz CT molecular complexity index is 821. The van der Waals surface area contributed by atoms with Crippen LogP contribution in [0.1, 0.15) is 24.8 Å². The number of amides is 2. The van der Waals surface area contributed by atoms with Gasteiger partial charge in [0.15, 0.2) is 5.82 Å². The number of carbonyl (C=O) groups is 2. The molecule has 136 valence electrons. The van der Waals surface area contributed by atoms with Crippen molar-refractivity contribution in [3.05, 3.63) is 42.4 Å². The number of nitrogens with zero attached hydrogens (tertiary/aromatic N) is 4. The van der Waals surface area contributed by atoms with E-state index in [1.165, 1.54) is 0 Å². The quantitative estimate of drug-likeness (QED) is 0.874. The van der Waals surface area contributed by atoms with Crippen LogP contribution in [-0.2, 0) is 11.3 Å².